The molecule has 0 saturated carbocycles. The molecule has 2 N–H and O–H groups in total. The summed E-state index contributed by atoms with van der Waals surface area (Å²) in [6.07, 6.45) is 4.09. The van der Waals surface area contributed by atoms with Gasteiger partial charge < -0.3 is 10.1 Å². The van der Waals surface area contributed by atoms with Crippen molar-refractivity contribution < 1.29 is 9.53 Å². The predicted molar refractivity (Wildman–Crippen MR) is 106 cm³/mol. The van der Waals surface area contributed by atoms with Gasteiger partial charge in [0.2, 0.25) is 0 Å². The van der Waals surface area contributed by atoms with Crippen LogP contribution in [0.3, 0.4) is 0 Å². The SMILES string of the molecule is COC(=O)c1ccc(CN2CCC(Nc3ccc4[nH]ncc4c3)CC2)cc1. The highest BCUT2D eigenvalue weighted by atomic mass is 16.5. The molecule has 1 saturated heterocycles. The maximum atomic E-state index is 11.5. The molecular formula is C21H24N4O2. The molecule has 0 unspecified atom stereocenters. The summed E-state index contributed by atoms with van der Waals surface area (Å²) in [5.41, 5.74) is 4.03. The van der Waals surface area contributed by atoms with Crippen LogP contribution in [0.4, 0.5) is 5.69 Å². The zero-order valence-corrected chi connectivity index (χ0v) is 15.4. The lowest BCUT2D eigenvalue weighted by Crippen LogP contribution is -2.38. The van der Waals surface area contributed by atoms with Gasteiger partial charge in [0.15, 0.2) is 0 Å². The number of hydrogen-bond donors (Lipinski definition) is 2. The molecule has 2 aromatic carbocycles. The average Bonchev–Trinajstić information content (AvgIpc) is 3.17. The Morgan fingerprint density at radius 3 is 2.74 bits per heavy atom. The van der Waals surface area contributed by atoms with Gasteiger partial charge in [-0.15, -0.1) is 0 Å². The summed E-state index contributed by atoms with van der Waals surface area (Å²) in [6.45, 7) is 3.03. The molecule has 140 valence electrons. The highest BCUT2D eigenvalue weighted by molar-refractivity contribution is 5.89. The van der Waals surface area contributed by atoms with E-state index in [0.29, 0.717) is 11.6 Å². The molecule has 6 heteroatoms. The van der Waals surface area contributed by atoms with E-state index in [1.54, 1.807) is 0 Å². The number of carbonyl (C=O) groups excluding carboxylic acids is 1. The van der Waals surface area contributed by atoms with E-state index in [1.165, 1.54) is 12.7 Å². The number of aromatic nitrogens is 2. The van der Waals surface area contributed by atoms with Gasteiger partial charge in [-0.2, -0.15) is 5.10 Å². The molecule has 1 aromatic heterocycles. The van der Waals surface area contributed by atoms with Crippen molar-refractivity contribution in [2.45, 2.75) is 25.4 Å². The standard InChI is InChI=1S/C21H24N4O2/c1-27-21(26)16-4-2-15(3-5-16)14-25-10-8-18(9-11-25)23-19-6-7-20-17(12-19)13-22-24-20/h2-7,12-13,18,23H,8-11,14H2,1H3,(H,22,24). The van der Waals surface area contributed by atoms with Crippen LogP contribution in [0.15, 0.2) is 48.7 Å². The van der Waals surface area contributed by atoms with Crippen LogP contribution in [-0.2, 0) is 11.3 Å². The van der Waals surface area contributed by atoms with E-state index in [0.717, 1.165) is 49.1 Å². The number of ether oxygens (including phenoxy) is 1. The average molecular weight is 364 g/mol. The van der Waals surface area contributed by atoms with E-state index < -0.39 is 0 Å². The van der Waals surface area contributed by atoms with Crippen molar-refractivity contribution >= 4 is 22.6 Å². The minimum atomic E-state index is -0.290. The fraction of sp³-hybridized carbons (Fsp3) is 0.333. The van der Waals surface area contributed by atoms with Gasteiger partial charge in [0.1, 0.15) is 0 Å². The van der Waals surface area contributed by atoms with Crippen LogP contribution in [0.2, 0.25) is 0 Å². The summed E-state index contributed by atoms with van der Waals surface area (Å²) in [6, 6.07) is 14.5. The third-order valence-corrected chi connectivity index (χ3v) is 5.18. The van der Waals surface area contributed by atoms with Crippen LogP contribution < -0.4 is 5.32 Å². The normalized spacial score (nSPS) is 15.7. The van der Waals surface area contributed by atoms with Gasteiger partial charge in [0, 0.05) is 36.7 Å². The maximum Gasteiger partial charge on any atom is 0.337 e. The quantitative estimate of drug-likeness (QED) is 0.679. The third-order valence-electron chi connectivity index (χ3n) is 5.18. The minimum absolute atomic E-state index is 0.290. The fourth-order valence-corrected chi connectivity index (χ4v) is 3.63. The molecule has 0 aliphatic carbocycles. The van der Waals surface area contributed by atoms with Crippen molar-refractivity contribution in [3.05, 3.63) is 59.8 Å². The zero-order chi connectivity index (χ0) is 18.6. The lowest BCUT2D eigenvalue weighted by Gasteiger charge is -2.33. The number of esters is 1. The molecule has 4 rings (SSSR count). The summed E-state index contributed by atoms with van der Waals surface area (Å²) in [5, 5.41) is 11.8. The molecule has 0 amide bonds. The first kappa shape index (κ1) is 17.5. The van der Waals surface area contributed by atoms with Crippen LogP contribution in [0.5, 0.6) is 0 Å². The Kier molecular flexibility index (Phi) is 5.07. The number of aromatic amines is 1. The first-order valence-corrected chi connectivity index (χ1v) is 9.30. The van der Waals surface area contributed by atoms with E-state index in [1.807, 2.05) is 30.5 Å². The summed E-state index contributed by atoms with van der Waals surface area (Å²) in [5.74, 6) is -0.290. The largest absolute Gasteiger partial charge is 0.465 e. The van der Waals surface area contributed by atoms with E-state index in [4.69, 9.17) is 4.74 Å². The number of carbonyl (C=O) groups is 1. The number of hydrogen-bond acceptors (Lipinski definition) is 5. The number of fused-ring (bicyclic) bond motifs is 1. The second kappa shape index (κ2) is 7.80. The maximum absolute atomic E-state index is 11.5. The first-order valence-electron chi connectivity index (χ1n) is 9.30. The Hall–Kier alpha value is -2.86. The van der Waals surface area contributed by atoms with E-state index in [2.05, 4.69) is 38.6 Å². The first-order chi connectivity index (χ1) is 13.2. The summed E-state index contributed by atoms with van der Waals surface area (Å²) in [7, 11) is 1.40. The van der Waals surface area contributed by atoms with Crippen molar-refractivity contribution in [1.82, 2.24) is 15.1 Å². The molecule has 0 spiro atoms. The predicted octanol–water partition coefficient (Wildman–Crippen LogP) is 3.43. The molecule has 0 radical (unpaired) electrons. The van der Waals surface area contributed by atoms with Gasteiger partial charge in [0.25, 0.3) is 0 Å². The smallest absolute Gasteiger partial charge is 0.337 e. The Labute approximate surface area is 158 Å². The number of anilines is 1. The number of likely N-dealkylation sites (tertiary alicyclic amines) is 1. The number of rotatable bonds is 5. The molecule has 0 bridgehead atoms. The summed E-state index contributed by atoms with van der Waals surface area (Å²) >= 11 is 0. The Morgan fingerprint density at radius 1 is 1.22 bits per heavy atom. The lowest BCUT2D eigenvalue weighted by molar-refractivity contribution is 0.0600. The van der Waals surface area contributed by atoms with Crippen LogP contribution in [-0.4, -0.2) is 47.3 Å². The van der Waals surface area contributed by atoms with Gasteiger partial charge >= 0.3 is 5.97 Å². The number of nitrogens with zero attached hydrogens (tertiary/aromatic N) is 2. The Morgan fingerprint density at radius 2 is 2.00 bits per heavy atom. The van der Waals surface area contributed by atoms with Crippen LogP contribution >= 0.6 is 0 Å². The number of methoxy groups -OCH3 is 1. The Balaban J connectivity index is 1.29. The molecular weight excluding hydrogens is 340 g/mol. The van der Waals surface area contributed by atoms with E-state index in [-0.39, 0.29) is 5.97 Å². The van der Waals surface area contributed by atoms with Gasteiger partial charge in [0.05, 0.1) is 24.4 Å². The van der Waals surface area contributed by atoms with Crippen LogP contribution in [0.1, 0.15) is 28.8 Å². The van der Waals surface area contributed by atoms with Crippen molar-refractivity contribution in [2.75, 3.05) is 25.5 Å². The fourth-order valence-electron chi connectivity index (χ4n) is 3.63. The third kappa shape index (κ3) is 4.11. The highest BCUT2D eigenvalue weighted by Crippen LogP contribution is 2.21. The van der Waals surface area contributed by atoms with Crippen LogP contribution in [0.25, 0.3) is 10.9 Å². The number of piperidine rings is 1. The molecule has 27 heavy (non-hydrogen) atoms. The molecule has 0 atom stereocenters. The number of nitrogens with one attached hydrogen (secondary N) is 2. The minimum Gasteiger partial charge on any atom is -0.465 e. The molecule has 3 aromatic rings. The molecule has 1 aliphatic rings. The van der Waals surface area contributed by atoms with E-state index >= 15 is 0 Å². The van der Waals surface area contributed by atoms with Gasteiger partial charge in [-0.05, 0) is 48.7 Å². The molecule has 2 heterocycles. The summed E-state index contributed by atoms with van der Waals surface area (Å²) < 4.78 is 4.74. The topological polar surface area (TPSA) is 70.2 Å². The van der Waals surface area contributed by atoms with Crippen molar-refractivity contribution in [2.24, 2.45) is 0 Å². The number of H-pyrrole nitrogens is 1. The van der Waals surface area contributed by atoms with Crippen molar-refractivity contribution in [3.63, 3.8) is 0 Å². The monoisotopic (exact) mass is 364 g/mol. The highest BCUT2D eigenvalue weighted by Gasteiger charge is 2.19. The molecule has 1 aliphatic heterocycles. The van der Waals surface area contributed by atoms with E-state index in [9.17, 15) is 4.79 Å². The van der Waals surface area contributed by atoms with Crippen molar-refractivity contribution in [3.8, 4) is 0 Å². The molecule has 6 nitrogen and oxygen atoms in total. The van der Waals surface area contributed by atoms with Crippen LogP contribution in [0, 0.1) is 0 Å². The van der Waals surface area contributed by atoms with Crippen molar-refractivity contribution in [1.29, 1.82) is 0 Å². The van der Waals surface area contributed by atoms with Gasteiger partial charge in [-0.1, -0.05) is 12.1 Å². The summed E-state index contributed by atoms with van der Waals surface area (Å²) in [4.78, 5) is 14.0. The second-order valence-electron chi connectivity index (χ2n) is 7.06. The lowest BCUT2D eigenvalue weighted by atomic mass is 10.0. The number of benzene rings is 2. The zero-order valence-electron chi connectivity index (χ0n) is 15.4. The van der Waals surface area contributed by atoms with Gasteiger partial charge in [-0.3, -0.25) is 10.00 Å². The van der Waals surface area contributed by atoms with Gasteiger partial charge in [-0.25, -0.2) is 4.79 Å². The second-order valence-corrected chi connectivity index (χ2v) is 7.06. The Bertz CT molecular complexity index is 911. The molecule has 1 fully saturated rings.